The van der Waals surface area contributed by atoms with Crippen molar-refractivity contribution < 1.29 is 15.3 Å². The van der Waals surface area contributed by atoms with Crippen LogP contribution in [0, 0.1) is 6.92 Å². The van der Waals surface area contributed by atoms with Crippen LogP contribution >= 0.6 is 0 Å². The Bertz CT molecular complexity index is 70.7. The van der Waals surface area contributed by atoms with E-state index in [4.69, 9.17) is 15.3 Å². The molecule has 0 aliphatic rings. The predicted octanol–water partition coefficient (Wildman–Crippen LogP) is -0.687. The first-order valence-corrected chi connectivity index (χ1v) is 2.91. The molecule has 0 aromatic rings. The van der Waals surface area contributed by atoms with Crippen LogP contribution < -0.4 is 0 Å². The van der Waals surface area contributed by atoms with Gasteiger partial charge in [0.25, 0.3) is 0 Å². The molecular formula is C6H13O3. The Morgan fingerprint density at radius 3 is 1.89 bits per heavy atom. The van der Waals surface area contributed by atoms with E-state index in [1.807, 2.05) is 0 Å². The highest BCUT2D eigenvalue weighted by Crippen LogP contribution is 2.00. The fourth-order valence-corrected chi connectivity index (χ4v) is 0.476. The molecule has 3 N–H and O–H groups in total. The van der Waals surface area contributed by atoms with Crippen molar-refractivity contribution in [1.82, 2.24) is 0 Å². The second-order valence-corrected chi connectivity index (χ2v) is 2.20. The Balaban J connectivity index is 3.38. The van der Waals surface area contributed by atoms with E-state index in [-0.39, 0.29) is 6.42 Å². The molecule has 0 aliphatic heterocycles. The molecule has 3 nitrogen and oxygen atoms in total. The van der Waals surface area contributed by atoms with Crippen molar-refractivity contribution in [1.29, 1.82) is 0 Å². The predicted molar refractivity (Wildman–Crippen MR) is 33.7 cm³/mol. The molecule has 3 heteroatoms. The number of rotatable bonds is 3. The molecule has 0 aromatic heterocycles. The highest BCUT2D eigenvalue weighted by Gasteiger charge is 2.12. The minimum atomic E-state index is -0.863. The van der Waals surface area contributed by atoms with E-state index >= 15 is 0 Å². The van der Waals surface area contributed by atoms with Gasteiger partial charge < -0.3 is 15.3 Å². The summed E-state index contributed by atoms with van der Waals surface area (Å²) in [4.78, 5) is 0. The second kappa shape index (κ2) is 3.82. The van der Waals surface area contributed by atoms with E-state index < -0.39 is 18.3 Å². The van der Waals surface area contributed by atoms with Crippen molar-refractivity contribution in [2.75, 3.05) is 0 Å². The van der Waals surface area contributed by atoms with Crippen molar-refractivity contribution in [2.45, 2.75) is 31.7 Å². The first-order valence-electron chi connectivity index (χ1n) is 2.91. The third-order valence-corrected chi connectivity index (χ3v) is 1.07. The van der Waals surface area contributed by atoms with Crippen LogP contribution in [0.1, 0.15) is 13.3 Å². The van der Waals surface area contributed by atoms with Gasteiger partial charge in [0.1, 0.15) is 0 Å². The molecule has 9 heavy (non-hydrogen) atoms. The summed E-state index contributed by atoms with van der Waals surface area (Å²) in [6, 6.07) is 0. The highest BCUT2D eigenvalue weighted by atomic mass is 16.3. The monoisotopic (exact) mass is 133 g/mol. The van der Waals surface area contributed by atoms with E-state index in [0.717, 1.165) is 0 Å². The van der Waals surface area contributed by atoms with E-state index in [1.54, 1.807) is 0 Å². The maximum atomic E-state index is 8.85. The molecule has 3 unspecified atom stereocenters. The first-order chi connectivity index (χ1) is 4.04. The van der Waals surface area contributed by atoms with Gasteiger partial charge in [0, 0.05) is 6.42 Å². The van der Waals surface area contributed by atoms with Gasteiger partial charge in [0.2, 0.25) is 0 Å². The van der Waals surface area contributed by atoms with Crippen LogP contribution in [-0.4, -0.2) is 33.6 Å². The summed E-state index contributed by atoms with van der Waals surface area (Å²) in [7, 11) is 0. The highest BCUT2D eigenvalue weighted by molar-refractivity contribution is 4.68. The zero-order valence-electron chi connectivity index (χ0n) is 5.49. The Morgan fingerprint density at radius 1 is 1.33 bits per heavy atom. The number of hydrogen-bond donors (Lipinski definition) is 3. The lowest BCUT2D eigenvalue weighted by atomic mass is 10.1. The van der Waals surface area contributed by atoms with E-state index in [0.29, 0.717) is 0 Å². The number of aliphatic hydroxyl groups excluding tert-OH is 3. The molecule has 3 atom stereocenters. The van der Waals surface area contributed by atoms with Gasteiger partial charge in [-0.3, -0.25) is 0 Å². The van der Waals surface area contributed by atoms with Gasteiger partial charge in [-0.15, -0.1) is 0 Å². The van der Waals surface area contributed by atoms with Crippen LogP contribution in [0.3, 0.4) is 0 Å². The molecule has 0 bridgehead atoms. The van der Waals surface area contributed by atoms with Gasteiger partial charge in [-0.05, 0) is 13.8 Å². The topological polar surface area (TPSA) is 60.7 Å². The summed E-state index contributed by atoms with van der Waals surface area (Å²) in [6.45, 7) is 4.71. The van der Waals surface area contributed by atoms with Crippen LogP contribution in [0.15, 0.2) is 0 Å². The smallest absolute Gasteiger partial charge is 0.0820 e. The van der Waals surface area contributed by atoms with E-state index in [1.165, 1.54) is 6.92 Å². The Hall–Kier alpha value is -0.120. The largest absolute Gasteiger partial charge is 0.393 e. The molecule has 0 fully saturated rings. The van der Waals surface area contributed by atoms with Crippen LogP contribution in [-0.2, 0) is 0 Å². The Kier molecular flexibility index (Phi) is 3.77. The molecule has 0 rings (SSSR count). The fraction of sp³-hybridized carbons (Fsp3) is 0.833. The molecule has 0 saturated heterocycles. The van der Waals surface area contributed by atoms with Crippen molar-refractivity contribution in [3.8, 4) is 0 Å². The molecule has 0 aromatic carbocycles. The standard InChI is InChI=1S/C6H13O3/c1-4(7)3-6(9)5(2)8/h4-9H,1,3H2,2H3. The maximum Gasteiger partial charge on any atom is 0.0820 e. The van der Waals surface area contributed by atoms with Gasteiger partial charge in [0.15, 0.2) is 0 Å². The van der Waals surface area contributed by atoms with Crippen molar-refractivity contribution in [3.05, 3.63) is 6.92 Å². The minimum absolute atomic E-state index is 0.123. The zero-order valence-corrected chi connectivity index (χ0v) is 5.49. The quantitative estimate of drug-likeness (QED) is 0.477. The summed E-state index contributed by atoms with van der Waals surface area (Å²) < 4.78 is 0. The van der Waals surface area contributed by atoms with Crippen molar-refractivity contribution >= 4 is 0 Å². The number of hydrogen-bond acceptors (Lipinski definition) is 3. The van der Waals surface area contributed by atoms with Crippen LogP contribution in [0.4, 0.5) is 0 Å². The van der Waals surface area contributed by atoms with E-state index in [2.05, 4.69) is 6.92 Å². The summed E-state index contributed by atoms with van der Waals surface area (Å²) >= 11 is 0. The average molecular weight is 133 g/mol. The first kappa shape index (κ1) is 8.88. The molecule has 0 saturated carbocycles. The van der Waals surface area contributed by atoms with Gasteiger partial charge in [0.05, 0.1) is 18.3 Å². The summed E-state index contributed by atoms with van der Waals surface area (Å²) in [5.74, 6) is 0. The SMILES string of the molecule is [CH2]C(O)CC(O)C(C)O. The van der Waals surface area contributed by atoms with Crippen molar-refractivity contribution in [3.63, 3.8) is 0 Å². The van der Waals surface area contributed by atoms with Gasteiger partial charge in [-0.2, -0.15) is 0 Å². The Labute approximate surface area is 54.9 Å². The summed E-state index contributed by atoms with van der Waals surface area (Å²) in [5.41, 5.74) is 0. The van der Waals surface area contributed by atoms with E-state index in [9.17, 15) is 0 Å². The fourth-order valence-electron chi connectivity index (χ4n) is 0.476. The molecule has 0 amide bonds. The molecule has 1 radical (unpaired) electrons. The van der Waals surface area contributed by atoms with Crippen LogP contribution in [0.2, 0.25) is 0 Å². The maximum absolute atomic E-state index is 8.85. The second-order valence-electron chi connectivity index (χ2n) is 2.20. The lowest BCUT2D eigenvalue weighted by Crippen LogP contribution is -2.26. The molecule has 55 valence electrons. The third kappa shape index (κ3) is 4.39. The van der Waals surface area contributed by atoms with Crippen LogP contribution in [0.5, 0.6) is 0 Å². The Morgan fingerprint density at radius 2 is 1.78 bits per heavy atom. The van der Waals surface area contributed by atoms with Crippen LogP contribution in [0.25, 0.3) is 0 Å². The number of aliphatic hydroxyl groups is 3. The molecule has 0 heterocycles. The average Bonchev–Trinajstić information content (AvgIpc) is 1.63. The minimum Gasteiger partial charge on any atom is -0.393 e. The summed E-state index contributed by atoms with van der Waals surface area (Å²) in [5, 5.41) is 26.1. The molecule has 0 aliphatic carbocycles. The summed E-state index contributed by atoms with van der Waals surface area (Å²) in [6.07, 6.45) is -2.33. The molecule has 0 spiro atoms. The van der Waals surface area contributed by atoms with Gasteiger partial charge >= 0.3 is 0 Å². The molecular weight excluding hydrogens is 120 g/mol. The van der Waals surface area contributed by atoms with Crippen molar-refractivity contribution in [2.24, 2.45) is 0 Å². The lowest BCUT2D eigenvalue weighted by Gasteiger charge is -2.14. The third-order valence-electron chi connectivity index (χ3n) is 1.07. The zero-order chi connectivity index (χ0) is 7.44. The van der Waals surface area contributed by atoms with Gasteiger partial charge in [-0.25, -0.2) is 0 Å². The lowest BCUT2D eigenvalue weighted by molar-refractivity contribution is 0.00527. The normalized spacial score (nSPS) is 21.0. The van der Waals surface area contributed by atoms with Gasteiger partial charge in [-0.1, -0.05) is 0 Å².